The maximum atomic E-state index is 13.0. The molecule has 1 amide bonds. The molecule has 0 bridgehead atoms. The number of rotatable bonds is 4. The van der Waals surface area contributed by atoms with Crippen molar-refractivity contribution in [1.82, 2.24) is 0 Å². The number of hydrogen-bond acceptors (Lipinski definition) is 1. The molecule has 108 valence electrons. The molecule has 0 heterocycles. The number of nitrogens with zero attached hydrogens (tertiary/aromatic N) is 1. The van der Waals surface area contributed by atoms with Crippen molar-refractivity contribution in [2.75, 3.05) is 0 Å². The minimum Gasteiger partial charge on any atom is -0.370 e. The van der Waals surface area contributed by atoms with Crippen LogP contribution in [0.2, 0.25) is 0 Å². The zero-order chi connectivity index (χ0) is 15.2. The first-order valence-electron chi connectivity index (χ1n) is 6.49. The molecular weight excluding hydrogens is 269 g/mol. The molecule has 0 saturated carbocycles. The number of nitrogens with two attached hydrogens (primary N) is 2. The highest BCUT2D eigenvalue weighted by Gasteiger charge is 2.21. The predicted molar refractivity (Wildman–Crippen MR) is 80.1 cm³/mol. The van der Waals surface area contributed by atoms with Crippen molar-refractivity contribution in [2.45, 2.75) is 12.3 Å². The lowest BCUT2D eigenvalue weighted by molar-refractivity contribution is -0.119. The van der Waals surface area contributed by atoms with Gasteiger partial charge in [-0.25, -0.2) is 4.39 Å². The van der Waals surface area contributed by atoms with Gasteiger partial charge in [0.1, 0.15) is 5.82 Å². The second kappa shape index (κ2) is 6.65. The van der Waals surface area contributed by atoms with E-state index in [1.54, 1.807) is 12.1 Å². The smallest absolute Gasteiger partial charge is 0.256 e. The highest BCUT2D eigenvalue weighted by atomic mass is 19.1. The summed E-state index contributed by atoms with van der Waals surface area (Å²) in [6, 6.07) is 15.3. The minimum atomic E-state index is -0.546. The average molecular weight is 285 g/mol. The molecule has 0 aliphatic carbocycles. The predicted octanol–water partition coefficient (Wildman–Crippen LogP) is 1.95. The summed E-state index contributed by atoms with van der Waals surface area (Å²) in [5.74, 6) is -1.62. The molecule has 0 fully saturated rings. The largest absolute Gasteiger partial charge is 0.370 e. The third kappa shape index (κ3) is 4.14. The number of hydrogen-bond donors (Lipinski definition) is 2. The molecular formula is C16H16FN3O. The van der Waals surface area contributed by atoms with Crippen LogP contribution in [0.25, 0.3) is 0 Å². The van der Waals surface area contributed by atoms with E-state index in [4.69, 9.17) is 11.5 Å². The van der Waals surface area contributed by atoms with Gasteiger partial charge in [-0.3, -0.25) is 4.79 Å². The Labute approximate surface area is 122 Å². The van der Waals surface area contributed by atoms with Gasteiger partial charge in [-0.05, 0) is 29.7 Å². The van der Waals surface area contributed by atoms with Crippen molar-refractivity contribution in [3.05, 3.63) is 71.5 Å². The normalized spacial score (nSPS) is 11.7. The van der Waals surface area contributed by atoms with Crippen molar-refractivity contribution in [3.63, 3.8) is 0 Å². The molecule has 0 aliphatic heterocycles. The van der Waals surface area contributed by atoms with Gasteiger partial charge in [0.2, 0.25) is 0 Å². The van der Waals surface area contributed by atoms with Gasteiger partial charge in [0.05, 0.1) is 5.92 Å². The second-order valence-corrected chi connectivity index (χ2v) is 4.67. The van der Waals surface area contributed by atoms with E-state index in [9.17, 15) is 9.18 Å². The molecule has 21 heavy (non-hydrogen) atoms. The van der Waals surface area contributed by atoms with Crippen LogP contribution in [-0.2, 0) is 11.2 Å². The summed E-state index contributed by atoms with van der Waals surface area (Å²) in [6.07, 6.45) is 0.447. The van der Waals surface area contributed by atoms with Crippen molar-refractivity contribution >= 4 is 11.9 Å². The molecule has 0 aromatic heterocycles. The number of amides is 1. The van der Waals surface area contributed by atoms with Gasteiger partial charge >= 0.3 is 0 Å². The molecule has 2 aromatic rings. The van der Waals surface area contributed by atoms with Crippen LogP contribution in [-0.4, -0.2) is 11.9 Å². The SMILES string of the molecule is NC(N)=NC(=O)C(Cc1ccccc1)c1ccc(F)cc1. The molecule has 4 N–H and O–H groups in total. The van der Waals surface area contributed by atoms with Crippen LogP contribution in [0.1, 0.15) is 17.0 Å². The highest BCUT2D eigenvalue weighted by molar-refractivity contribution is 5.95. The zero-order valence-electron chi connectivity index (χ0n) is 11.4. The summed E-state index contributed by atoms with van der Waals surface area (Å²) in [4.78, 5) is 15.8. The van der Waals surface area contributed by atoms with Gasteiger partial charge in [-0.1, -0.05) is 42.5 Å². The number of guanidine groups is 1. The third-order valence-corrected chi connectivity index (χ3v) is 3.09. The zero-order valence-corrected chi connectivity index (χ0v) is 11.4. The van der Waals surface area contributed by atoms with E-state index in [1.807, 2.05) is 30.3 Å². The molecule has 0 saturated heterocycles. The standard InChI is InChI=1S/C16H16FN3O/c17-13-8-6-12(7-9-13)14(15(21)20-16(18)19)10-11-4-2-1-3-5-11/h1-9,14H,10H2,(H4,18,19,20,21). The third-order valence-electron chi connectivity index (χ3n) is 3.09. The summed E-state index contributed by atoms with van der Waals surface area (Å²) in [5.41, 5.74) is 12.2. The van der Waals surface area contributed by atoms with Crippen LogP contribution in [0.3, 0.4) is 0 Å². The Kier molecular flexibility index (Phi) is 4.66. The minimum absolute atomic E-state index is 0.278. The number of halogens is 1. The maximum absolute atomic E-state index is 13.0. The van der Waals surface area contributed by atoms with Crippen LogP contribution in [0.15, 0.2) is 59.6 Å². The van der Waals surface area contributed by atoms with Crippen molar-refractivity contribution in [3.8, 4) is 0 Å². The van der Waals surface area contributed by atoms with E-state index in [2.05, 4.69) is 4.99 Å². The van der Waals surface area contributed by atoms with Gasteiger partial charge < -0.3 is 11.5 Å². The number of carbonyl (C=O) groups excluding carboxylic acids is 1. The lowest BCUT2D eigenvalue weighted by atomic mass is 9.91. The molecule has 5 heteroatoms. The Morgan fingerprint density at radius 3 is 2.24 bits per heavy atom. The van der Waals surface area contributed by atoms with E-state index in [0.717, 1.165) is 5.56 Å². The number of aliphatic imine (C=N–C) groups is 1. The van der Waals surface area contributed by atoms with E-state index < -0.39 is 11.8 Å². The fourth-order valence-corrected chi connectivity index (χ4v) is 2.10. The molecule has 1 unspecified atom stereocenters. The summed E-state index contributed by atoms with van der Waals surface area (Å²) in [6.45, 7) is 0. The van der Waals surface area contributed by atoms with E-state index in [-0.39, 0.29) is 11.8 Å². The lowest BCUT2D eigenvalue weighted by Gasteiger charge is -2.14. The molecule has 2 rings (SSSR count). The topological polar surface area (TPSA) is 81.5 Å². The fourth-order valence-electron chi connectivity index (χ4n) is 2.10. The number of carbonyl (C=O) groups is 1. The van der Waals surface area contributed by atoms with Crippen molar-refractivity contribution < 1.29 is 9.18 Å². The Bertz CT molecular complexity index is 634. The maximum Gasteiger partial charge on any atom is 0.256 e. The average Bonchev–Trinajstić information content (AvgIpc) is 2.46. The second-order valence-electron chi connectivity index (χ2n) is 4.67. The van der Waals surface area contributed by atoms with Gasteiger partial charge in [0, 0.05) is 0 Å². The monoisotopic (exact) mass is 285 g/mol. The Balaban J connectivity index is 2.32. The van der Waals surface area contributed by atoms with Gasteiger partial charge in [0.15, 0.2) is 5.96 Å². The van der Waals surface area contributed by atoms with Gasteiger partial charge in [-0.15, -0.1) is 0 Å². The van der Waals surface area contributed by atoms with E-state index in [0.29, 0.717) is 12.0 Å². The first kappa shape index (κ1) is 14.7. The van der Waals surface area contributed by atoms with Gasteiger partial charge in [-0.2, -0.15) is 4.99 Å². The van der Waals surface area contributed by atoms with Crippen molar-refractivity contribution in [1.29, 1.82) is 0 Å². The summed E-state index contributed by atoms with van der Waals surface area (Å²) >= 11 is 0. The first-order valence-corrected chi connectivity index (χ1v) is 6.49. The summed E-state index contributed by atoms with van der Waals surface area (Å²) in [5, 5.41) is 0. The van der Waals surface area contributed by atoms with Crippen molar-refractivity contribution in [2.24, 2.45) is 16.5 Å². The first-order chi connectivity index (χ1) is 10.1. The summed E-state index contributed by atoms with van der Waals surface area (Å²) < 4.78 is 13.0. The lowest BCUT2D eigenvalue weighted by Crippen LogP contribution is -2.26. The van der Waals surface area contributed by atoms with E-state index in [1.165, 1.54) is 12.1 Å². The van der Waals surface area contributed by atoms with Gasteiger partial charge in [0.25, 0.3) is 5.91 Å². The fraction of sp³-hybridized carbons (Fsp3) is 0.125. The molecule has 4 nitrogen and oxygen atoms in total. The van der Waals surface area contributed by atoms with E-state index >= 15 is 0 Å². The Morgan fingerprint density at radius 1 is 1.05 bits per heavy atom. The van der Waals surface area contributed by atoms with Crippen LogP contribution in [0, 0.1) is 5.82 Å². The molecule has 0 spiro atoms. The number of benzene rings is 2. The Hall–Kier alpha value is -2.69. The molecule has 0 aliphatic rings. The summed E-state index contributed by atoms with van der Waals surface area (Å²) in [7, 11) is 0. The van der Waals surface area contributed by atoms with Crippen LogP contribution < -0.4 is 11.5 Å². The van der Waals surface area contributed by atoms with Crippen LogP contribution in [0.5, 0.6) is 0 Å². The van der Waals surface area contributed by atoms with Crippen LogP contribution >= 0.6 is 0 Å². The van der Waals surface area contributed by atoms with Crippen LogP contribution in [0.4, 0.5) is 4.39 Å². The highest BCUT2D eigenvalue weighted by Crippen LogP contribution is 2.23. The molecule has 2 aromatic carbocycles. The quantitative estimate of drug-likeness (QED) is 0.665. The Morgan fingerprint density at radius 2 is 1.67 bits per heavy atom. The molecule has 1 atom stereocenters. The molecule has 0 radical (unpaired) electrons.